The molecule has 0 atom stereocenters. The number of hydrogen-bond donors (Lipinski definition) is 2. The SMILES string of the molecule is CCCCCCSC(=N)N. The van der Waals surface area contributed by atoms with Gasteiger partial charge in [0.2, 0.25) is 0 Å². The molecule has 3 heteroatoms. The fourth-order valence-electron chi connectivity index (χ4n) is 0.711. The highest BCUT2D eigenvalue weighted by Crippen LogP contribution is 2.05. The number of amidine groups is 1. The molecule has 0 saturated heterocycles. The zero-order chi connectivity index (χ0) is 7.82. The van der Waals surface area contributed by atoms with E-state index in [0.29, 0.717) is 0 Å². The lowest BCUT2D eigenvalue weighted by atomic mass is 10.2. The van der Waals surface area contributed by atoms with Crippen molar-refractivity contribution in [2.75, 3.05) is 5.75 Å². The van der Waals surface area contributed by atoms with Crippen LogP contribution in [-0.4, -0.2) is 10.9 Å². The lowest BCUT2D eigenvalue weighted by Gasteiger charge is -1.97. The topological polar surface area (TPSA) is 49.9 Å². The smallest absolute Gasteiger partial charge is 0.151 e. The second-order valence-corrected chi connectivity index (χ2v) is 3.41. The summed E-state index contributed by atoms with van der Waals surface area (Å²) in [7, 11) is 0. The van der Waals surface area contributed by atoms with Crippen molar-refractivity contribution >= 4 is 16.9 Å². The van der Waals surface area contributed by atoms with Gasteiger partial charge in [0.15, 0.2) is 5.17 Å². The molecule has 0 heterocycles. The number of nitrogens with one attached hydrogen (secondary N) is 1. The van der Waals surface area contributed by atoms with E-state index in [2.05, 4.69) is 6.92 Å². The fourth-order valence-corrected chi connectivity index (χ4v) is 1.28. The van der Waals surface area contributed by atoms with Crippen LogP contribution in [0.1, 0.15) is 32.6 Å². The molecule has 0 aliphatic heterocycles. The van der Waals surface area contributed by atoms with Crippen molar-refractivity contribution in [2.45, 2.75) is 32.6 Å². The molecule has 0 bridgehead atoms. The lowest BCUT2D eigenvalue weighted by Crippen LogP contribution is -2.04. The molecule has 0 amide bonds. The average molecular weight is 160 g/mol. The van der Waals surface area contributed by atoms with E-state index in [-0.39, 0.29) is 5.17 Å². The molecule has 0 fully saturated rings. The first-order valence-corrected chi connectivity index (χ1v) is 4.72. The molecule has 10 heavy (non-hydrogen) atoms. The van der Waals surface area contributed by atoms with Gasteiger partial charge in [0.25, 0.3) is 0 Å². The molecule has 3 N–H and O–H groups in total. The van der Waals surface area contributed by atoms with Gasteiger partial charge in [-0.15, -0.1) is 0 Å². The summed E-state index contributed by atoms with van der Waals surface area (Å²) in [5, 5.41) is 7.16. The van der Waals surface area contributed by atoms with Crippen LogP contribution in [0, 0.1) is 5.41 Å². The predicted molar refractivity (Wildman–Crippen MR) is 48.5 cm³/mol. The quantitative estimate of drug-likeness (QED) is 0.368. The number of hydrogen-bond acceptors (Lipinski definition) is 2. The molecular weight excluding hydrogens is 144 g/mol. The number of nitrogens with two attached hydrogens (primary N) is 1. The predicted octanol–water partition coefficient (Wildman–Crippen LogP) is 2.19. The molecule has 0 rings (SSSR count). The summed E-state index contributed by atoms with van der Waals surface area (Å²) in [5.41, 5.74) is 5.15. The minimum Gasteiger partial charge on any atom is -0.379 e. The maximum Gasteiger partial charge on any atom is 0.151 e. The molecule has 0 saturated carbocycles. The summed E-state index contributed by atoms with van der Waals surface area (Å²) in [4.78, 5) is 0. The molecule has 0 aromatic rings. The largest absolute Gasteiger partial charge is 0.379 e. The Bertz CT molecular complexity index is 93.6. The van der Waals surface area contributed by atoms with Gasteiger partial charge >= 0.3 is 0 Å². The number of unbranched alkanes of at least 4 members (excludes halogenated alkanes) is 3. The van der Waals surface area contributed by atoms with Crippen molar-refractivity contribution in [1.82, 2.24) is 0 Å². The van der Waals surface area contributed by atoms with Crippen LogP contribution in [0.2, 0.25) is 0 Å². The van der Waals surface area contributed by atoms with Crippen LogP contribution in [0.15, 0.2) is 0 Å². The van der Waals surface area contributed by atoms with Gasteiger partial charge in [0.05, 0.1) is 0 Å². The molecule has 0 aromatic heterocycles. The first-order valence-electron chi connectivity index (χ1n) is 3.74. The van der Waals surface area contributed by atoms with Gasteiger partial charge < -0.3 is 5.73 Å². The molecule has 0 aromatic carbocycles. The Balaban J connectivity index is 2.84. The van der Waals surface area contributed by atoms with Crippen molar-refractivity contribution in [3.8, 4) is 0 Å². The Morgan fingerprint density at radius 3 is 2.60 bits per heavy atom. The van der Waals surface area contributed by atoms with Gasteiger partial charge in [-0.3, -0.25) is 5.41 Å². The highest BCUT2D eigenvalue weighted by Gasteiger charge is 1.90. The van der Waals surface area contributed by atoms with Gasteiger partial charge in [-0.2, -0.15) is 0 Å². The van der Waals surface area contributed by atoms with Gasteiger partial charge in [-0.1, -0.05) is 37.9 Å². The summed E-state index contributed by atoms with van der Waals surface area (Å²) in [6.07, 6.45) is 5.04. The van der Waals surface area contributed by atoms with E-state index >= 15 is 0 Å². The van der Waals surface area contributed by atoms with Gasteiger partial charge in [-0.05, 0) is 6.42 Å². The monoisotopic (exact) mass is 160 g/mol. The standard InChI is InChI=1S/C7H16N2S/c1-2-3-4-5-6-10-7(8)9/h2-6H2,1H3,(H3,8,9). The van der Waals surface area contributed by atoms with Gasteiger partial charge in [0, 0.05) is 5.75 Å². The summed E-state index contributed by atoms with van der Waals surface area (Å²) in [5.74, 6) is 1.01. The van der Waals surface area contributed by atoms with Crippen LogP contribution in [0.3, 0.4) is 0 Å². The molecule has 0 aliphatic carbocycles. The van der Waals surface area contributed by atoms with E-state index in [1.165, 1.54) is 37.4 Å². The maximum atomic E-state index is 6.92. The Morgan fingerprint density at radius 2 is 2.10 bits per heavy atom. The molecule has 2 nitrogen and oxygen atoms in total. The summed E-state index contributed by atoms with van der Waals surface area (Å²) < 4.78 is 0. The lowest BCUT2D eigenvalue weighted by molar-refractivity contribution is 0.707. The second-order valence-electron chi connectivity index (χ2n) is 2.27. The normalized spacial score (nSPS) is 9.70. The van der Waals surface area contributed by atoms with E-state index in [9.17, 15) is 0 Å². The molecule has 0 radical (unpaired) electrons. The highest BCUT2D eigenvalue weighted by molar-refractivity contribution is 8.13. The first kappa shape index (κ1) is 9.82. The summed E-state index contributed by atoms with van der Waals surface area (Å²) in [6.45, 7) is 2.19. The van der Waals surface area contributed by atoms with Crippen LogP contribution in [0.25, 0.3) is 0 Å². The second kappa shape index (κ2) is 6.93. The maximum absolute atomic E-state index is 6.92. The average Bonchev–Trinajstić information content (AvgIpc) is 1.87. The third-order valence-corrected chi connectivity index (χ3v) is 2.06. The Labute approximate surface area is 67.1 Å². The fraction of sp³-hybridized carbons (Fsp3) is 0.857. The van der Waals surface area contributed by atoms with E-state index in [1.807, 2.05) is 0 Å². The number of rotatable bonds is 5. The van der Waals surface area contributed by atoms with Crippen molar-refractivity contribution in [3.05, 3.63) is 0 Å². The highest BCUT2D eigenvalue weighted by atomic mass is 32.2. The van der Waals surface area contributed by atoms with E-state index in [1.54, 1.807) is 0 Å². The van der Waals surface area contributed by atoms with Crippen LogP contribution >= 0.6 is 11.8 Å². The van der Waals surface area contributed by atoms with E-state index in [0.717, 1.165) is 5.75 Å². The zero-order valence-corrected chi connectivity index (χ0v) is 7.34. The van der Waals surface area contributed by atoms with Crippen LogP contribution < -0.4 is 5.73 Å². The summed E-state index contributed by atoms with van der Waals surface area (Å²) in [6, 6.07) is 0. The van der Waals surface area contributed by atoms with Crippen molar-refractivity contribution in [1.29, 1.82) is 5.41 Å². The Kier molecular flexibility index (Phi) is 6.81. The van der Waals surface area contributed by atoms with Crippen molar-refractivity contribution < 1.29 is 0 Å². The van der Waals surface area contributed by atoms with Crippen LogP contribution in [-0.2, 0) is 0 Å². The molecule has 0 aliphatic rings. The Hall–Kier alpha value is -0.180. The molecular formula is C7H16N2S. The van der Waals surface area contributed by atoms with Gasteiger partial charge in [-0.25, -0.2) is 0 Å². The van der Waals surface area contributed by atoms with Crippen LogP contribution in [0.4, 0.5) is 0 Å². The number of thioether (sulfide) groups is 1. The zero-order valence-electron chi connectivity index (χ0n) is 6.52. The molecule has 0 spiro atoms. The first-order chi connectivity index (χ1) is 4.77. The Morgan fingerprint density at radius 1 is 1.40 bits per heavy atom. The minimum absolute atomic E-state index is 0.247. The summed E-state index contributed by atoms with van der Waals surface area (Å²) >= 11 is 1.44. The third-order valence-electron chi connectivity index (χ3n) is 1.26. The van der Waals surface area contributed by atoms with E-state index < -0.39 is 0 Å². The van der Waals surface area contributed by atoms with Gasteiger partial charge in [0.1, 0.15) is 0 Å². The minimum atomic E-state index is 0.247. The van der Waals surface area contributed by atoms with Crippen molar-refractivity contribution in [2.24, 2.45) is 5.73 Å². The van der Waals surface area contributed by atoms with Crippen LogP contribution in [0.5, 0.6) is 0 Å². The third kappa shape index (κ3) is 7.82. The molecule has 0 unspecified atom stereocenters. The molecule has 60 valence electrons. The van der Waals surface area contributed by atoms with E-state index in [4.69, 9.17) is 11.1 Å². The van der Waals surface area contributed by atoms with Crippen molar-refractivity contribution in [3.63, 3.8) is 0 Å².